The first-order valence-electron chi connectivity index (χ1n) is 5.38. The van der Waals surface area contributed by atoms with E-state index in [0.29, 0.717) is 5.70 Å². The molecule has 0 amide bonds. The monoisotopic (exact) mass is 294 g/mol. The number of hydrogen-bond acceptors (Lipinski definition) is 5. The summed E-state index contributed by atoms with van der Waals surface area (Å²) in [5.41, 5.74) is 5.38. The number of rotatable bonds is 4. The van der Waals surface area contributed by atoms with E-state index >= 15 is 0 Å². The predicted molar refractivity (Wildman–Crippen MR) is 77.3 cm³/mol. The summed E-state index contributed by atoms with van der Waals surface area (Å²) >= 11 is 0.902. The van der Waals surface area contributed by atoms with Gasteiger partial charge >= 0.3 is 0 Å². The van der Waals surface area contributed by atoms with Crippen molar-refractivity contribution in [1.82, 2.24) is 4.31 Å². The number of hydrogen-bond donors (Lipinski definition) is 2. The highest BCUT2D eigenvalue weighted by Crippen LogP contribution is 2.31. The van der Waals surface area contributed by atoms with Gasteiger partial charge in [-0.2, -0.15) is 4.31 Å². The molecule has 0 aromatic carbocycles. The molecule has 0 heterocycles. The second-order valence-electron chi connectivity index (χ2n) is 5.00. The quantitative estimate of drug-likeness (QED) is 0.778. The second kappa shape index (κ2) is 5.99. The smallest absolute Gasteiger partial charge is 0.253 e. The van der Waals surface area contributed by atoms with Crippen molar-refractivity contribution in [3.8, 4) is 0 Å². The van der Waals surface area contributed by atoms with Gasteiger partial charge in [-0.15, -0.1) is 0 Å². The average Bonchev–Trinajstić information content (AvgIpc) is 2.13. The highest BCUT2D eigenvalue weighted by molar-refractivity contribution is 8.19. The highest BCUT2D eigenvalue weighted by Gasteiger charge is 2.33. The maximum Gasteiger partial charge on any atom is 0.253 e. The standard InChI is InChI=1S/C11H22N2O3S2/c1-8(12)7-17-10(9(2)14)18(15,16)13(6)11(3,4)5/h7,14H,12H2,1-6H3/b8-7+,10-9-. The molecule has 0 saturated carbocycles. The minimum absolute atomic E-state index is 0.107. The molecule has 0 unspecified atom stereocenters. The average molecular weight is 294 g/mol. The Morgan fingerprint density at radius 2 is 1.78 bits per heavy atom. The summed E-state index contributed by atoms with van der Waals surface area (Å²) in [4.78, 5) is 0. The summed E-state index contributed by atoms with van der Waals surface area (Å²) in [7, 11) is -2.24. The topological polar surface area (TPSA) is 83.6 Å². The first kappa shape index (κ1) is 17.3. The van der Waals surface area contributed by atoms with Crippen molar-refractivity contribution < 1.29 is 13.5 Å². The molecule has 0 bridgehead atoms. The van der Waals surface area contributed by atoms with Crippen LogP contribution in [-0.2, 0) is 10.0 Å². The third-order valence-electron chi connectivity index (χ3n) is 2.19. The summed E-state index contributed by atoms with van der Waals surface area (Å²) in [6.45, 7) is 8.34. The van der Waals surface area contributed by atoms with E-state index in [9.17, 15) is 13.5 Å². The molecular weight excluding hydrogens is 272 g/mol. The molecule has 3 N–H and O–H groups in total. The molecule has 0 rings (SSSR count). The van der Waals surface area contributed by atoms with Crippen LogP contribution in [0.25, 0.3) is 0 Å². The lowest BCUT2D eigenvalue weighted by atomic mass is 10.1. The molecule has 5 nitrogen and oxygen atoms in total. The highest BCUT2D eigenvalue weighted by atomic mass is 32.3. The maximum absolute atomic E-state index is 12.3. The number of aliphatic hydroxyl groups is 1. The van der Waals surface area contributed by atoms with E-state index in [4.69, 9.17) is 5.73 Å². The predicted octanol–water partition coefficient (Wildman–Crippen LogP) is 2.35. The van der Waals surface area contributed by atoms with Crippen LogP contribution in [0.4, 0.5) is 0 Å². The molecule has 0 aliphatic rings. The fraction of sp³-hybridized carbons (Fsp3) is 0.636. The van der Waals surface area contributed by atoms with Gasteiger partial charge in [0, 0.05) is 18.3 Å². The fourth-order valence-electron chi connectivity index (χ4n) is 0.964. The van der Waals surface area contributed by atoms with Gasteiger partial charge in [0.15, 0.2) is 4.24 Å². The Morgan fingerprint density at radius 3 is 2.06 bits per heavy atom. The van der Waals surface area contributed by atoms with E-state index in [2.05, 4.69) is 0 Å². The van der Waals surface area contributed by atoms with Gasteiger partial charge in [-0.05, 0) is 40.0 Å². The zero-order valence-corrected chi connectivity index (χ0v) is 13.3. The second-order valence-corrected chi connectivity index (χ2v) is 8.04. The molecule has 0 aliphatic heterocycles. The molecule has 106 valence electrons. The van der Waals surface area contributed by atoms with E-state index in [1.807, 2.05) is 0 Å². The summed E-state index contributed by atoms with van der Waals surface area (Å²) in [5.74, 6) is -0.242. The van der Waals surface area contributed by atoms with E-state index < -0.39 is 15.6 Å². The van der Waals surface area contributed by atoms with E-state index in [1.165, 1.54) is 23.7 Å². The number of nitrogens with two attached hydrogens (primary N) is 1. The number of aliphatic hydroxyl groups excluding tert-OH is 1. The summed E-state index contributed by atoms with van der Waals surface area (Å²) in [5, 5.41) is 11.0. The van der Waals surface area contributed by atoms with Gasteiger partial charge < -0.3 is 10.8 Å². The number of thioether (sulfide) groups is 1. The lowest BCUT2D eigenvalue weighted by Crippen LogP contribution is -2.42. The van der Waals surface area contributed by atoms with Crippen molar-refractivity contribution in [1.29, 1.82) is 0 Å². The van der Waals surface area contributed by atoms with Crippen LogP contribution in [0, 0.1) is 0 Å². The van der Waals surface area contributed by atoms with Crippen LogP contribution < -0.4 is 5.73 Å². The summed E-state index contributed by atoms with van der Waals surface area (Å²) in [6, 6.07) is 0. The Kier molecular flexibility index (Phi) is 5.77. The Morgan fingerprint density at radius 1 is 1.33 bits per heavy atom. The molecule has 0 spiro atoms. The molecule has 18 heavy (non-hydrogen) atoms. The number of nitrogens with zero attached hydrogens (tertiary/aromatic N) is 1. The first-order valence-corrected chi connectivity index (χ1v) is 7.70. The molecule has 0 aromatic rings. The fourth-order valence-corrected chi connectivity index (χ4v) is 3.74. The van der Waals surface area contributed by atoms with Crippen molar-refractivity contribution in [2.45, 2.75) is 40.2 Å². The first-order chi connectivity index (χ1) is 7.90. The van der Waals surface area contributed by atoms with E-state index in [0.717, 1.165) is 11.8 Å². The van der Waals surface area contributed by atoms with Gasteiger partial charge in [0.05, 0.1) is 0 Å². The van der Waals surface area contributed by atoms with Crippen LogP contribution in [0.5, 0.6) is 0 Å². The minimum Gasteiger partial charge on any atom is -0.511 e. The molecule has 0 aliphatic carbocycles. The van der Waals surface area contributed by atoms with Crippen molar-refractivity contribution in [2.24, 2.45) is 5.73 Å². The Labute approximate surface area is 114 Å². The van der Waals surface area contributed by atoms with Crippen LogP contribution in [0.3, 0.4) is 0 Å². The van der Waals surface area contributed by atoms with Gasteiger partial charge in [-0.25, -0.2) is 8.42 Å². The molecule has 0 radical (unpaired) electrons. The molecular formula is C11H22N2O3S2. The summed E-state index contributed by atoms with van der Waals surface area (Å²) < 4.78 is 25.8. The van der Waals surface area contributed by atoms with Crippen LogP contribution in [0.2, 0.25) is 0 Å². The SMILES string of the molecule is C/C(O)=C(\S/C=C(\C)N)S(=O)(=O)N(C)C(C)(C)C. The van der Waals surface area contributed by atoms with E-state index in [-0.39, 0.29) is 10.00 Å². The summed E-state index contributed by atoms with van der Waals surface area (Å²) in [6.07, 6.45) is 0. The van der Waals surface area contributed by atoms with Gasteiger partial charge in [-0.3, -0.25) is 0 Å². The zero-order valence-electron chi connectivity index (χ0n) is 11.7. The van der Waals surface area contributed by atoms with Crippen molar-refractivity contribution in [2.75, 3.05) is 7.05 Å². The maximum atomic E-state index is 12.3. The Bertz CT molecular complexity index is 451. The minimum atomic E-state index is -3.73. The van der Waals surface area contributed by atoms with Crippen molar-refractivity contribution in [3.63, 3.8) is 0 Å². The zero-order chi connectivity index (χ0) is 14.7. The Balaban J connectivity index is 5.55. The van der Waals surface area contributed by atoms with Gasteiger partial charge in [0.1, 0.15) is 5.76 Å². The van der Waals surface area contributed by atoms with Crippen LogP contribution in [0.1, 0.15) is 34.6 Å². The van der Waals surface area contributed by atoms with Gasteiger partial charge in [0.2, 0.25) is 0 Å². The van der Waals surface area contributed by atoms with Gasteiger partial charge in [-0.1, -0.05) is 11.8 Å². The van der Waals surface area contributed by atoms with Crippen molar-refractivity contribution in [3.05, 3.63) is 21.1 Å². The molecule has 0 aromatic heterocycles. The van der Waals surface area contributed by atoms with Gasteiger partial charge in [0.25, 0.3) is 10.0 Å². The van der Waals surface area contributed by atoms with Crippen molar-refractivity contribution >= 4 is 21.8 Å². The Hall–Kier alpha value is -0.660. The van der Waals surface area contributed by atoms with Crippen LogP contribution in [-0.4, -0.2) is 30.4 Å². The third-order valence-corrected chi connectivity index (χ3v) is 6.14. The molecule has 0 fully saturated rings. The third kappa shape index (κ3) is 4.55. The van der Waals surface area contributed by atoms with Crippen LogP contribution in [0.15, 0.2) is 21.1 Å². The molecule has 7 heteroatoms. The number of allylic oxidation sites excluding steroid dienone is 2. The lowest BCUT2D eigenvalue weighted by molar-refractivity contribution is 0.294. The lowest BCUT2D eigenvalue weighted by Gasteiger charge is -2.31. The van der Waals surface area contributed by atoms with Crippen LogP contribution >= 0.6 is 11.8 Å². The molecule has 0 atom stereocenters. The largest absolute Gasteiger partial charge is 0.511 e. The van der Waals surface area contributed by atoms with E-state index in [1.54, 1.807) is 27.7 Å². The number of sulfonamides is 1. The molecule has 0 saturated heterocycles. The normalized spacial score (nSPS) is 15.8.